The maximum atomic E-state index is 13.5. The minimum atomic E-state index is -0.704. The van der Waals surface area contributed by atoms with E-state index in [4.69, 9.17) is 11.6 Å². The van der Waals surface area contributed by atoms with Gasteiger partial charge in [0.2, 0.25) is 0 Å². The molecule has 0 aliphatic carbocycles. The summed E-state index contributed by atoms with van der Waals surface area (Å²) in [4.78, 5) is 31.2. The molecule has 1 atom stereocenters. The molecule has 0 bridgehead atoms. The van der Waals surface area contributed by atoms with Gasteiger partial charge in [0.05, 0.1) is 19.2 Å². The summed E-state index contributed by atoms with van der Waals surface area (Å²) in [5, 5.41) is 10.5. The molecular formula is C23H23ClN4O3S. The van der Waals surface area contributed by atoms with Gasteiger partial charge in [-0.2, -0.15) is 0 Å². The Balaban J connectivity index is 1.89. The summed E-state index contributed by atoms with van der Waals surface area (Å²) in [6, 6.07) is 19.1. The van der Waals surface area contributed by atoms with Crippen molar-refractivity contribution in [3.63, 3.8) is 0 Å². The molecule has 0 fully saturated rings. The molecule has 2 heterocycles. The average Bonchev–Trinajstić information content (AvgIpc) is 3.18. The number of aliphatic hydroxyl groups is 1. The molecule has 2 aromatic carbocycles. The highest BCUT2D eigenvalue weighted by Crippen LogP contribution is 2.24. The van der Waals surface area contributed by atoms with Crippen LogP contribution >= 0.6 is 23.4 Å². The van der Waals surface area contributed by atoms with Gasteiger partial charge in [-0.1, -0.05) is 72.4 Å². The number of nitrogens with zero attached hydrogens (tertiary/aromatic N) is 4. The number of benzene rings is 2. The van der Waals surface area contributed by atoms with E-state index in [0.29, 0.717) is 28.6 Å². The lowest BCUT2D eigenvalue weighted by molar-refractivity contribution is 0.223. The fourth-order valence-electron chi connectivity index (χ4n) is 3.50. The largest absolute Gasteiger partial charge is 0.391 e. The van der Waals surface area contributed by atoms with Gasteiger partial charge in [-0.25, -0.2) is 9.78 Å². The Kier molecular flexibility index (Phi) is 6.83. The summed E-state index contributed by atoms with van der Waals surface area (Å²) >= 11 is 7.06. The van der Waals surface area contributed by atoms with E-state index in [2.05, 4.69) is 4.98 Å². The van der Waals surface area contributed by atoms with Gasteiger partial charge >= 0.3 is 5.69 Å². The second-order valence-electron chi connectivity index (χ2n) is 7.48. The van der Waals surface area contributed by atoms with Crippen molar-refractivity contribution in [3.05, 3.63) is 92.6 Å². The molecule has 2 aromatic heterocycles. The molecule has 0 unspecified atom stereocenters. The van der Waals surface area contributed by atoms with E-state index in [1.807, 2.05) is 65.2 Å². The Morgan fingerprint density at radius 1 is 0.969 bits per heavy atom. The van der Waals surface area contributed by atoms with Crippen molar-refractivity contribution in [2.45, 2.75) is 24.3 Å². The van der Waals surface area contributed by atoms with Crippen molar-refractivity contribution in [2.75, 3.05) is 11.6 Å². The van der Waals surface area contributed by atoms with E-state index < -0.39 is 11.8 Å². The maximum absolute atomic E-state index is 13.5. The number of aromatic nitrogens is 4. The predicted octanol–water partition coefficient (Wildman–Crippen LogP) is 2.69. The van der Waals surface area contributed by atoms with E-state index >= 15 is 0 Å². The van der Waals surface area contributed by atoms with Crippen LogP contribution in [0.25, 0.3) is 11.2 Å². The van der Waals surface area contributed by atoms with Crippen LogP contribution in [0.2, 0.25) is 0 Å². The van der Waals surface area contributed by atoms with Gasteiger partial charge in [0.15, 0.2) is 16.3 Å². The van der Waals surface area contributed by atoms with Gasteiger partial charge in [0, 0.05) is 18.7 Å². The number of alkyl halides is 1. The number of hydrogen-bond acceptors (Lipinski definition) is 5. The molecule has 0 saturated carbocycles. The number of imidazole rings is 1. The lowest BCUT2D eigenvalue weighted by atomic mass is 10.2. The summed E-state index contributed by atoms with van der Waals surface area (Å²) in [6.45, 7) is 0.585. The Morgan fingerprint density at radius 2 is 1.53 bits per heavy atom. The first kappa shape index (κ1) is 22.4. The molecule has 9 heteroatoms. The molecule has 1 N–H and O–H groups in total. The number of aliphatic hydroxyl groups excluding tert-OH is 1. The maximum Gasteiger partial charge on any atom is 0.332 e. The topological polar surface area (TPSA) is 82.1 Å². The first-order valence-electron chi connectivity index (χ1n) is 10.1. The molecule has 4 aromatic rings. The van der Waals surface area contributed by atoms with Crippen molar-refractivity contribution in [2.24, 2.45) is 7.05 Å². The Morgan fingerprint density at radius 3 is 2.09 bits per heavy atom. The third-order valence-corrected chi connectivity index (χ3v) is 6.62. The number of halogens is 1. The minimum absolute atomic E-state index is 0.105. The highest BCUT2D eigenvalue weighted by Gasteiger charge is 2.21. The monoisotopic (exact) mass is 470 g/mol. The third-order valence-electron chi connectivity index (χ3n) is 5.15. The Bertz CT molecular complexity index is 1330. The molecular weight excluding hydrogens is 448 g/mol. The van der Waals surface area contributed by atoms with Gasteiger partial charge in [0.25, 0.3) is 5.56 Å². The highest BCUT2D eigenvalue weighted by atomic mass is 35.5. The van der Waals surface area contributed by atoms with Gasteiger partial charge in [-0.05, 0) is 11.1 Å². The number of thioether (sulfide) groups is 1. The zero-order valence-corrected chi connectivity index (χ0v) is 19.1. The smallest absolute Gasteiger partial charge is 0.332 e. The second kappa shape index (κ2) is 9.77. The molecule has 0 aliphatic rings. The first-order chi connectivity index (χ1) is 15.5. The molecule has 0 amide bonds. The molecule has 0 saturated heterocycles. The summed E-state index contributed by atoms with van der Waals surface area (Å²) in [6.07, 6.45) is -0.704. The number of aryl methyl sites for hydroxylation is 1. The average molecular weight is 471 g/mol. The van der Waals surface area contributed by atoms with Crippen molar-refractivity contribution < 1.29 is 5.11 Å². The fraction of sp³-hybridized carbons (Fsp3) is 0.261. The zero-order chi connectivity index (χ0) is 22.7. The number of rotatable bonds is 8. The molecule has 0 radical (unpaired) electrons. The molecule has 0 spiro atoms. The van der Waals surface area contributed by atoms with Gasteiger partial charge in [0.1, 0.15) is 0 Å². The van der Waals surface area contributed by atoms with E-state index in [1.54, 1.807) is 7.05 Å². The van der Waals surface area contributed by atoms with Crippen LogP contribution < -0.4 is 11.2 Å². The molecule has 4 rings (SSSR count). The number of fused-ring (bicyclic) bond motifs is 1. The van der Waals surface area contributed by atoms with Crippen LogP contribution in [-0.4, -0.2) is 41.5 Å². The summed E-state index contributed by atoms with van der Waals surface area (Å²) in [5.74, 6) is 0.433. The third kappa shape index (κ3) is 4.53. The first-order valence-corrected chi connectivity index (χ1v) is 11.7. The van der Waals surface area contributed by atoms with Crippen molar-refractivity contribution in [3.8, 4) is 0 Å². The Labute approximate surface area is 193 Å². The normalized spacial score (nSPS) is 12.3. The summed E-state index contributed by atoms with van der Waals surface area (Å²) in [5.41, 5.74) is 1.72. The molecule has 0 aliphatic heterocycles. The highest BCUT2D eigenvalue weighted by molar-refractivity contribution is 7.99. The number of hydrogen-bond donors (Lipinski definition) is 1. The van der Waals surface area contributed by atoms with E-state index in [0.717, 1.165) is 11.1 Å². The van der Waals surface area contributed by atoms with Crippen molar-refractivity contribution >= 4 is 34.5 Å². The Hall–Kier alpha value is -2.81. The van der Waals surface area contributed by atoms with Gasteiger partial charge < -0.3 is 9.67 Å². The van der Waals surface area contributed by atoms with Crippen LogP contribution in [0, 0.1) is 0 Å². The van der Waals surface area contributed by atoms with Crippen LogP contribution in [-0.2, 0) is 20.1 Å². The summed E-state index contributed by atoms with van der Waals surface area (Å²) < 4.78 is 4.46. The molecule has 166 valence electrons. The van der Waals surface area contributed by atoms with Crippen LogP contribution in [0.15, 0.2) is 75.4 Å². The summed E-state index contributed by atoms with van der Waals surface area (Å²) in [7, 11) is 1.62. The molecule has 32 heavy (non-hydrogen) atoms. The molecule has 7 nitrogen and oxygen atoms in total. The van der Waals surface area contributed by atoms with Crippen LogP contribution in [0.3, 0.4) is 0 Å². The zero-order valence-electron chi connectivity index (χ0n) is 17.5. The van der Waals surface area contributed by atoms with E-state index in [-0.39, 0.29) is 18.0 Å². The van der Waals surface area contributed by atoms with Crippen molar-refractivity contribution in [1.82, 2.24) is 18.7 Å². The predicted molar refractivity (Wildman–Crippen MR) is 128 cm³/mol. The van der Waals surface area contributed by atoms with Gasteiger partial charge in [-0.3, -0.25) is 13.9 Å². The fourth-order valence-corrected chi connectivity index (χ4v) is 4.66. The quantitative estimate of drug-likeness (QED) is 0.316. The lowest BCUT2D eigenvalue weighted by Gasteiger charge is -2.12. The SMILES string of the molecule is Cn1c(=O)n(Cc2ccccc2)c(=O)c2c1nc(SC[C@H](O)CCl)n2Cc1ccccc1. The van der Waals surface area contributed by atoms with E-state index in [1.165, 1.54) is 20.9 Å². The van der Waals surface area contributed by atoms with Crippen LogP contribution in [0.5, 0.6) is 0 Å². The second-order valence-corrected chi connectivity index (χ2v) is 8.77. The van der Waals surface area contributed by atoms with E-state index in [9.17, 15) is 14.7 Å². The van der Waals surface area contributed by atoms with Crippen LogP contribution in [0.4, 0.5) is 0 Å². The van der Waals surface area contributed by atoms with Gasteiger partial charge in [-0.15, -0.1) is 11.6 Å². The standard InChI is InChI=1S/C23H23ClN4O3S/c1-26-20-19(21(30)28(23(26)31)14-17-10-6-3-7-11-17)27(13-16-8-4-2-5-9-16)22(25-20)32-15-18(29)12-24/h2-11,18,29H,12-15H2,1H3/t18-/m1/s1. The lowest BCUT2D eigenvalue weighted by Crippen LogP contribution is -2.40. The van der Waals surface area contributed by atoms with Crippen molar-refractivity contribution in [1.29, 1.82) is 0 Å². The minimum Gasteiger partial charge on any atom is -0.391 e. The van der Waals surface area contributed by atoms with Crippen LogP contribution in [0.1, 0.15) is 11.1 Å².